The third-order valence-electron chi connectivity index (χ3n) is 4.45. The Kier molecular flexibility index (Phi) is 8.95. The van der Waals surface area contributed by atoms with E-state index in [9.17, 15) is 19.6 Å². The fourth-order valence-electron chi connectivity index (χ4n) is 2.86. The molecule has 30 heavy (non-hydrogen) atoms. The fourth-order valence-corrected chi connectivity index (χ4v) is 2.86. The molecule has 1 aromatic carbocycles. The van der Waals surface area contributed by atoms with Crippen LogP contribution in [0.1, 0.15) is 32.6 Å². The molecule has 10 nitrogen and oxygen atoms in total. The van der Waals surface area contributed by atoms with Crippen LogP contribution < -0.4 is 20.1 Å². The molecule has 164 valence electrons. The van der Waals surface area contributed by atoms with E-state index >= 15 is 0 Å². The van der Waals surface area contributed by atoms with Crippen LogP contribution in [-0.2, 0) is 9.59 Å². The van der Waals surface area contributed by atoms with Gasteiger partial charge in [-0.25, -0.2) is 9.86 Å². The standard InChI is InChI=1S/C20H27N3O7/c1-3-4-5-6-14(11-23(27)13-24)19(25)21-12-22-20(26)30-18-10-15-9-16(28-2)7-8-17(15)29-18/h7-10,13-14,27H,3-6,11-12H2,1-2H3,(H,21,25)(H,22,26)/t14-/m1/s1. The molecular weight excluding hydrogens is 394 g/mol. The monoisotopic (exact) mass is 421 g/mol. The zero-order valence-electron chi connectivity index (χ0n) is 17.1. The van der Waals surface area contributed by atoms with Crippen LogP contribution in [0.25, 0.3) is 11.0 Å². The Labute approximate surface area is 174 Å². The minimum atomic E-state index is -0.805. The Bertz CT molecular complexity index is 852. The number of furan rings is 1. The number of rotatable bonds is 12. The van der Waals surface area contributed by atoms with E-state index in [1.807, 2.05) is 6.92 Å². The van der Waals surface area contributed by atoms with Gasteiger partial charge in [-0.15, -0.1) is 0 Å². The van der Waals surface area contributed by atoms with Crippen LogP contribution in [0.2, 0.25) is 0 Å². The highest BCUT2D eigenvalue weighted by Crippen LogP contribution is 2.28. The number of amides is 3. The van der Waals surface area contributed by atoms with Gasteiger partial charge >= 0.3 is 6.09 Å². The van der Waals surface area contributed by atoms with Crippen molar-refractivity contribution in [2.24, 2.45) is 5.92 Å². The lowest BCUT2D eigenvalue weighted by Gasteiger charge is -2.19. The molecule has 1 aromatic heterocycles. The summed E-state index contributed by atoms with van der Waals surface area (Å²) in [6.07, 6.45) is 2.65. The molecule has 0 unspecified atom stereocenters. The van der Waals surface area contributed by atoms with E-state index in [0.29, 0.717) is 28.2 Å². The first kappa shape index (κ1) is 23.0. The maximum atomic E-state index is 12.3. The van der Waals surface area contributed by atoms with Crippen molar-refractivity contribution in [3.05, 3.63) is 24.3 Å². The lowest BCUT2D eigenvalue weighted by Crippen LogP contribution is -2.43. The van der Waals surface area contributed by atoms with E-state index in [2.05, 4.69) is 10.6 Å². The molecule has 3 N–H and O–H groups in total. The first-order valence-corrected chi connectivity index (χ1v) is 9.68. The third-order valence-corrected chi connectivity index (χ3v) is 4.45. The van der Waals surface area contributed by atoms with Gasteiger partial charge < -0.3 is 24.5 Å². The molecule has 0 radical (unpaired) electrons. The fraction of sp³-hybridized carbons (Fsp3) is 0.450. The number of nitrogens with zero attached hydrogens (tertiary/aromatic N) is 1. The van der Waals surface area contributed by atoms with E-state index in [1.54, 1.807) is 31.4 Å². The van der Waals surface area contributed by atoms with Crippen LogP contribution in [0.3, 0.4) is 0 Å². The molecule has 0 saturated heterocycles. The number of ether oxygens (including phenoxy) is 2. The quantitative estimate of drug-likeness (QED) is 0.158. The summed E-state index contributed by atoms with van der Waals surface area (Å²) in [5.74, 6) is -0.328. The average Bonchev–Trinajstić information content (AvgIpc) is 3.13. The van der Waals surface area contributed by atoms with E-state index in [-0.39, 0.29) is 31.5 Å². The molecular formula is C20H27N3O7. The Morgan fingerprint density at radius 2 is 2.07 bits per heavy atom. The van der Waals surface area contributed by atoms with Crippen molar-refractivity contribution >= 4 is 29.4 Å². The zero-order valence-corrected chi connectivity index (χ0v) is 17.1. The number of unbranched alkanes of at least 4 members (excludes halogenated alkanes) is 2. The van der Waals surface area contributed by atoms with Gasteiger partial charge in [-0.05, 0) is 24.6 Å². The van der Waals surface area contributed by atoms with Gasteiger partial charge in [0.25, 0.3) is 5.95 Å². The van der Waals surface area contributed by atoms with Gasteiger partial charge in [0.15, 0.2) is 0 Å². The number of hydrogen-bond acceptors (Lipinski definition) is 7. The Morgan fingerprint density at radius 1 is 1.27 bits per heavy atom. The first-order chi connectivity index (χ1) is 14.5. The smallest absolute Gasteiger partial charge is 0.416 e. The van der Waals surface area contributed by atoms with Crippen LogP contribution in [-0.4, -0.2) is 49.0 Å². The zero-order chi connectivity index (χ0) is 21.9. The summed E-state index contributed by atoms with van der Waals surface area (Å²) in [7, 11) is 1.55. The van der Waals surface area contributed by atoms with Crippen LogP contribution in [0.15, 0.2) is 28.7 Å². The molecule has 0 aliphatic rings. The molecule has 1 heterocycles. The second kappa shape index (κ2) is 11.7. The summed E-state index contributed by atoms with van der Waals surface area (Å²) in [5.41, 5.74) is 0.533. The number of carbonyl (C=O) groups is 3. The van der Waals surface area contributed by atoms with Crippen molar-refractivity contribution in [3.8, 4) is 11.7 Å². The molecule has 1 atom stereocenters. The Balaban J connectivity index is 1.82. The summed E-state index contributed by atoms with van der Waals surface area (Å²) < 4.78 is 15.6. The number of benzene rings is 1. The van der Waals surface area contributed by atoms with Gasteiger partial charge in [0.2, 0.25) is 12.3 Å². The van der Waals surface area contributed by atoms with E-state index in [0.717, 1.165) is 19.3 Å². The average molecular weight is 421 g/mol. The number of fused-ring (bicyclic) bond motifs is 1. The van der Waals surface area contributed by atoms with E-state index in [1.165, 1.54) is 0 Å². The van der Waals surface area contributed by atoms with E-state index < -0.39 is 12.0 Å². The Morgan fingerprint density at radius 3 is 2.77 bits per heavy atom. The van der Waals surface area contributed by atoms with Gasteiger partial charge in [-0.2, -0.15) is 0 Å². The maximum absolute atomic E-state index is 12.3. The highest BCUT2D eigenvalue weighted by atomic mass is 16.6. The predicted octanol–water partition coefficient (Wildman–Crippen LogP) is 2.65. The minimum absolute atomic E-state index is 0.00132. The van der Waals surface area contributed by atoms with Gasteiger partial charge in [-0.3, -0.25) is 14.8 Å². The second-order valence-corrected chi connectivity index (χ2v) is 6.67. The molecule has 10 heteroatoms. The van der Waals surface area contributed by atoms with E-state index in [4.69, 9.17) is 13.9 Å². The van der Waals surface area contributed by atoms with Gasteiger partial charge in [-0.1, -0.05) is 26.2 Å². The number of carbonyl (C=O) groups excluding carboxylic acids is 3. The second-order valence-electron chi connectivity index (χ2n) is 6.67. The van der Waals surface area contributed by atoms with Crippen LogP contribution in [0, 0.1) is 5.92 Å². The summed E-state index contributed by atoms with van der Waals surface area (Å²) in [4.78, 5) is 34.9. The third kappa shape index (κ3) is 6.96. The largest absolute Gasteiger partial charge is 0.497 e. The normalized spacial score (nSPS) is 11.6. The predicted molar refractivity (Wildman–Crippen MR) is 107 cm³/mol. The van der Waals surface area contributed by atoms with Gasteiger partial charge in [0.1, 0.15) is 11.3 Å². The SMILES string of the molecule is CCCCC[C@H](CN(O)C=O)C(=O)NCNC(=O)Oc1cc2cc(OC)ccc2o1. The number of nitrogens with one attached hydrogen (secondary N) is 2. The highest BCUT2D eigenvalue weighted by Gasteiger charge is 2.20. The number of hydroxylamine groups is 2. The molecule has 0 fully saturated rings. The number of hydrogen-bond donors (Lipinski definition) is 3. The van der Waals surface area contributed by atoms with Crippen LogP contribution in [0.4, 0.5) is 4.79 Å². The van der Waals surface area contributed by atoms with Gasteiger partial charge in [0.05, 0.1) is 26.2 Å². The van der Waals surface area contributed by atoms with Crippen molar-refractivity contribution < 1.29 is 33.5 Å². The van der Waals surface area contributed by atoms with Crippen LogP contribution >= 0.6 is 0 Å². The van der Waals surface area contributed by atoms with Crippen LogP contribution in [0.5, 0.6) is 11.7 Å². The van der Waals surface area contributed by atoms with Crippen molar-refractivity contribution in [1.29, 1.82) is 0 Å². The van der Waals surface area contributed by atoms with Gasteiger partial charge in [0, 0.05) is 11.5 Å². The lowest BCUT2D eigenvalue weighted by molar-refractivity contribution is -0.154. The molecule has 0 saturated carbocycles. The lowest BCUT2D eigenvalue weighted by atomic mass is 10.0. The summed E-state index contributed by atoms with van der Waals surface area (Å²) >= 11 is 0. The first-order valence-electron chi connectivity index (χ1n) is 9.68. The molecule has 0 spiro atoms. The minimum Gasteiger partial charge on any atom is -0.497 e. The molecule has 0 aliphatic heterocycles. The molecule has 2 rings (SSSR count). The molecule has 3 amide bonds. The Hall–Kier alpha value is -3.27. The summed E-state index contributed by atoms with van der Waals surface area (Å²) in [5, 5.41) is 15.5. The maximum Gasteiger partial charge on any atom is 0.416 e. The molecule has 0 aliphatic carbocycles. The molecule has 0 bridgehead atoms. The topological polar surface area (TPSA) is 130 Å². The van der Waals surface area contributed by atoms with Crippen molar-refractivity contribution in [3.63, 3.8) is 0 Å². The highest BCUT2D eigenvalue weighted by molar-refractivity contribution is 5.82. The summed E-state index contributed by atoms with van der Waals surface area (Å²) in [6.45, 7) is 1.74. The van der Waals surface area contributed by atoms with Crippen molar-refractivity contribution in [2.45, 2.75) is 32.6 Å². The van der Waals surface area contributed by atoms with Crippen molar-refractivity contribution in [2.75, 3.05) is 20.3 Å². The van der Waals surface area contributed by atoms with Crippen molar-refractivity contribution in [1.82, 2.24) is 15.7 Å². The molecule has 2 aromatic rings. The number of methoxy groups -OCH3 is 1. The summed E-state index contributed by atoms with van der Waals surface area (Å²) in [6, 6.07) is 6.71.